The molecule has 174 valence electrons. The third-order valence-electron chi connectivity index (χ3n) is 6.21. The van der Waals surface area contributed by atoms with Crippen LogP contribution in [-0.4, -0.2) is 44.2 Å². The van der Waals surface area contributed by atoms with Crippen LogP contribution in [0.1, 0.15) is 34.3 Å². The summed E-state index contributed by atoms with van der Waals surface area (Å²) in [6, 6.07) is 24.3. The van der Waals surface area contributed by atoms with Crippen molar-refractivity contribution < 1.29 is 13.2 Å². The van der Waals surface area contributed by atoms with E-state index in [1.54, 1.807) is 48.5 Å². The normalized spacial score (nSPS) is 17.6. The zero-order chi connectivity index (χ0) is 23.5. The van der Waals surface area contributed by atoms with Crippen molar-refractivity contribution in [3.63, 3.8) is 0 Å². The number of hydrogen-bond acceptors (Lipinski definition) is 5. The minimum Gasteiger partial charge on any atom is -0.349 e. The topological polar surface area (TPSA) is 90.9 Å². The van der Waals surface area contributed by atoms with Gasteiger partial charge >= 0.3 is 0 Å². The zero-order valence-corrected chi connectivity index (χ0v) is 19.5. The number of nitrogens with one attached hydrogen (secondary N) is 2. The van der Waals surface area contributed by atoms with Crippen LogP contribution in [0.25, 0.3) is 0 Å². The number of benzene rings is 3. The van der Waals surface area contributed by atoms with Crippen LogP contribution in [0.3, 0.4) is 0 Å². The highest BCUT2D eigenvalue weighted by molar-refractivity contribution is 7.90. The molecule has 2 aliphatic heterocycles. The van der Waals surface area contributed by atoms with Gasteiger partial charge in [-0.1, -0.05) is 42.5 Å². The molecule has 5 rings (SSSR count). The van der Waals surface area contributed by atoms with E-state index in [0.29, 0.717) is 16.8 Å². The second-order valence-electron chi connectivity index (χ2n) is 8.62. The second kappa shape index (κ2) is 9.40. The number of amidine groups is 1. The van der Waals surface area contributed by atoms with Gasteiger partial charge in [0.25, 0.3) is 15.9 Å². The Bertz CT molecular complexity index is 1310. The molecule has 0 unspecified atom stereocenters. The molecule has 1 saturated heterocycles. The molecule has 1 amide bonds. The molecule has 2 heterocycles. The van der Waals surface area contributed by atoms with E-state index in [4.69, 9.17) is 0 Å². The largest absolute Gasteiger partial charge is 0.349 e. The number of amides is 1. The maximum Gasteiger partial charge on any atom is 0.285 e. The number of piperidine rings is 1. The number of sulfonamides is 1. The van der Waals surface area contributed by atoms with E-state index in [9.17, 15) is 13.2 Å². The van der Waals surface area contributed by atoms with Crippen molar-refractivity contribution in [3.8, 4) is 0 Å². The van der Waals surface area contributed by atoms with Crippen LogP contribution >= 0.6 is 0 Å². The van der Waals surface area contributed by atoms with Crippen molar-refractivity contribution in [2.24, 2.45) is 4.40 Å². The first-order valence-electron chi connectivity index (χ1n) is 11.4. The summed E-state index contributed by atoms with van der Waals surface area (Å²) < 4.78 is 28.3. The summed E-state index contributed by atoms with van der Waals surface area (Å²) in [5.41, 5.74) is 3.08. The second-order valence-corrected chi connectivity index (χ2v) is 10.2. The minimum absolute atomic E-state index is 0.0980. The molecule has 0 radical (unpaired) electrons. The molecule has 0 spiro atoms. The lowest BCUT2D eigenvalue weighted by Gasteiger charge is -2.32. The van der Waals surface area contributed by atoms with Crippen LogP contribution in [0.4, 0.5) is 5.69 Å². The lowest BCUT2D eigenvalue weighted by molar-refractivity contribution is 0.0909. The van der Waals surface area contributed by atoms with Crippen LogP contribution < -0.4 is 10.6 Å². The van der Waals surface area contributed by atoms with Crippen molar-refractivity contribution in [3.05, 3.63) is 95.6 Å². The Hall–Kier alpha value is -3.49. The molecule has 8 heteroatoms. The molecule has 3 aromatic carbocycles. The SMILES string of the molecule is O=C(NC1CCN(Cc2ccccc2)CC1)c1ccc(NC2=NS(=O)(=O)c3ccccc32)cc1. The zero-order valence-electron chi connectivity index (χ0n) is 18.6. The van der Waals surface area contributed by atoms with Crippen LogP contribution in [0, 0.1) is 0 Å². The van der Waals surface area contributed by atoms with Crippen LogP contribution in [0.2, 0.25) is 0 Å². The Kier molecular flexibility index (Phi) is 6.17. The van der Waals surface area contributed by atoms with E-state index in [1.807, 2.05) is 6.07 Å². The van der Waals surface area contributed by atoms with E-state index < -0.39 is 10.0 Å². The van der Waals surface area contributed by atoms with Crippen LogP contribution in [0.15, 0.2) is 88.2 Å². The Balaban J connectivity index is 1.15. The predicted octanol–water partition coefficient (Wildman–Crippen LogP) is 3.64. The van der Waals surface area contributed by atoms with Gasteiger partial charge in [0.05, 0.1) is 0 Å². The van der Waals surface area contributed by atoms with Crippen LogP contribution in [-0.2, 0) is 16.6 Å². The molecule has 0 aliphatic carbocycles. The molecular weight excluding hydrogens is 448 g/mol. The summed E-state index contributed by atoms with van der Waals surface area (Å²) >= 11 is 0. The van der Waals surface area contributed by atoms with Gasteiger partial charge in [-0.25, -0.2) is 0 Å². The maximum atomic E-state index is 12.7. The summed E-state index contributed by atoms with van der Waals surface area (Å²) in [5.74, 6) is 0.189. The highest BCUT2D eigenvalue weighted by atomic mass is 32.2. The first kappa shape index (κ1) is 22.3. The number of anilines is 1. The van der Waals surface area contributed by atoms with Gasteiger partial charge in [0.2, 0.25) is 0 Å². The molecule has 2 N–H and O–H groups in total. The van der Waals surface area contributed by atoms with Crippen molar-refractivity contribution in [1.82, 2.24) is 10.2 Å². The lowest BCUT2D eigenvalue weighted by atomic mass is 10.0. The monoisotopic (exact) mass is 474 g/mol. The van der Waals surface area contributed by atoms with E-state index in [1.165, 1.54) is 5.56 Å². The summed E-state index contributed by atoms with van der Waals surface area (Å²) in [4.78, 5) is 15.4. The smallest absolute Gasteiger partial charge is 0.285 e. The number of hydrogen-bond donors (Lipinski definition) is 2. The van der Waals surface area contributed by atoms with E-state index in [2.05, 4.69) is 44.2 Å². The maximum absolute atomic E-state index is 12.7. The summed E-state index contributed by atoms with van der Waals surface area (Å²) in [6.45, 7) is 2.84. The van der Waals surface area contributed by atoms with Gasteiger partial charge in [-0.15, -0.1) is 4.40 Å². The Labute approximate surface area is 199 Å². The summed E-state index contributed by atoms with van der Waals surface area (Å²) in [6.07, 6.45) is 1.85. The lowest BCUT2D eigenvalue weighted by Crippen LogP contribution is -2.44. The van der Waals surface area contributed by atoms with Crippen molar-refractivity contribution in [2.45, 2.75) is 30.3 Å². The van der Waals surface area contributed by atoms with Gasteiger partial charge in [0.15, 0.2) is 5.84 Å². The third kappa shape index (κ3) is 4.88. The molecule has 0 aromatic heterocycles. The molecule has 2 aliphatic rings. The minimum atomic E-state index is -3.68. The quantitative estimate of drug-likeness (QED) is 0.589. The molecule has 0 saturated carbocycles. The van der Waals surface area contributed by atoms with Gasteiger partial charge in [-0.2, -0.15) is 8.42 Å². The van der Waals surface area contributed by atoms with E-state index in [-0.39, 0.29) is 22.7 Å². The fourth-order valence-electron chi connectivity index (χ4n) is 4.38. The fourth-order valence-corrected chi connectivity index (χ4v) is 5.56. The number of rotatable bonds is 5. The predicted molar refractivity (Wildman–Crippen MR) is 132 cm³/mol. The highest BCUT2D eigenvalue weighted by Crippen LogP contribution is 2.26. The van der Waals surface area contributed by atoms with Crippen LogP contribution in [0.5, 0.6) is 0 Å². The first-order valence-corrected chi connectivity index (χ1v) is 12.8. The number of carbonyl (C=O) groups is 1. The summed E-state index contributed by atoms with van der Waals surface area (Å²) in [7, 11) is -3.68. The average Bonchev–Trinajstić information content (AvgIpc) is 3.11. The average molecular weight is 475 g/mol. The number of nitrogens with zero attached hydrogens (tertiary/aromatic N) is 2. The number of fused-ring (bicyclic) bond motifs is 1. The Morgan fingerprint density at radius 2 is 1.59 bits per heavy atom. The molecule has 1 fully saturated rings. The number of likely N-dealkylation sites (tertiary alicyclic amines) is 1. The van der Waals surface area contributed by atoms with Gasteiger partial charge in [-0.3, -0.25) is 9.69 Å². The Morgan fingerprint density at radius 3 is 2.32 bits per heavy atom. The highest BCUT2D eigenvalue weighted by Gasteiger charge is 2.28. The molecule has 7 nitrogen and oxygen atoms in total. The van der Waals surface area contributed by atoms with Gasteiger partial charge < -0.3 is 10.6 Å². The standard InChI is InChI=1S/C26H26N4O3S/c31-26(28-22-14-16-30(17-15-22)18-19-6-2-1-3-7-19)20-10-12-21(13-11-20)27-25-23-8-4-5-9-24(23)34(32,33)29-25/h1-13,22H,14-18H2,(H,27,29)(H,28,31). The molecule has 0 atom stereocenters. The van der Waals surface area contributed by atoms with Gasteiger partial charge in [-0.05, 0) is 54.8 Å². The molecular formula is C26H26N4O3S. The first-order chi connectivity index (χ1) is 16.5. The molecule has 0 bridgehead atoms. The summed E-state index contributed by atoms with van der Waals surface area (Å²) in [5, 5.41) is 6.21. The van der Waals surface area contributed by atoms with Gasteiger partial charge in [0.1, 0.15) is 4.90 Å². The number of carbonyl (C=O) groups excluding carboxylic acids is 1. The van der Waals surface area contributed by atoms with Crippen molar-refractivity contribution >= 4 is 27.5 Å². The van der Waals surface area contributed by atoms with E-state index in [0.717, 1.165) is 32.5 Å². The molecule has 3 aromatic rings. The van der Waals surface area contributed by atoms with Crippen molar-refractivity contribution in [1.29, 1.82) is 0 Å². The van der Waals surface area contributed by atoms with Crippen molar-refractivity contribution in [2.75, 3.05) is 18.4 Å². The van der Waals surface area contributed by atoms with E-state index >= 15 is 0 Å². The van der Waals surface area contributed by atoms with Gasteiger partial charge in [0, 0.05) is 42.5 Å². The fraction of sp³-hybridized carbons (Fsp3) is 0.231. The molecule has 34 heavy (non-hydrogen) atoms. The Morgan fingerprint density at radius 1 is 0.912 bits per heavy atom. The third-order valence-corrected chi connectivity index (χ3v) is 7.55.